The Labute approximate surface area is 207 Å². The number of primary sulfonamides is 1. The monoisotopic (exact) mass is 523 g/mol. The molecule has 182 valence electrons. The van der Waals surface area contributed by atoms with Crippen LogP contribution in [-0.4, -0.2) is 48.1 Å². The number of sulfonamides is 1. The van der Waals surface area contributed by atoms with Crippen LogP contribution in [0.4, 0.5) is 5.13 Å². The van der Waals surface area contributed by atoms with Crippen molar-refractivity contribution in [3.8, 4) is 5.75 Å². The first-order valence-corrected chi connectivity index (χ1v) is 13.4. The first-order valence-electron chi connectivity index (χ1n) is 10.6. The summed E-state index contributed by atoms with van der Waals surface area (Å²) in [5.74, 6) is -0.361. The number of amides is 1. The van der Waals surface area contributed by atoms with Gasteiger partial charge < -0.3 is 15.7 Å². The van der Waals surface area contributed by atoms with Crippen LogP contribution in [0.2, 0.25) is 0 Å². The Bertz CT molecular complexity index is 1200. The van der Waals surface area contributed by atoms with E-state index in [1.807, 2.05) is 0 Å². The minimum absolute atomic E-state index is 0.0455. The number of phenolic OH excluding ortho intramolecular Hbond substituents is 1. The standard InChI is InChI=1S/C22H26ClN5O4S2/c23-16(4-3-12-25-21(30)18-5-1-2-6-19(18)29)14-20-27-28-22(33-20)26-13-11-15-7-9-17(10-8-15)34(24,31)32/h1-2,5-10,16,29H,3-4,11-14H2,(H,25,30)(H,26,28)(H2,24,31,32). The molecule has 1 heterocycles. The quantitative estimate of drug-likeness (QED) is 0.211. The smallest absolute Gasteiger partial charge is 0.255 e. The highest BCUT2D eigenvalue weighted by Crippen LogP contribution is 2.20. The van der Waals surface area contributed by atoms with Crippen molar-refractivity contribution in [3.05, 3.63) is 64.7 Å². The molecule has 3 rings (SSSR count). The van der Waals surface area contributed by atoms with E-state index in [9.17, 15) is 18.3 Å². The lowest BCUT2D eigenvalue weighted by molar-refractivity contribution is 0.0950. The summed E-state index contributed by atoms with van der Waals surface area (Å²) in [6.07, 6.45) is 2.65. The maximum absolute atomic E-state index is 12.1. The van der Waals surface area contributed by atoms with Gasteiger partial charge in [-0.25, -0.2) is 13.6 Å². The molecular formula is C22H26ClN5O4S2. The van der Waals surface area contributed by atoms with Gasteiger partial charge in [0.05, 0.1) is 10.5 Å². The van der Waals surface area contributed by atoms with Gasteiger partial charge in [-0.2, -0.15) is 0 Å². The third-order valence-electron chi connectivity index (χ3n) is 4.93. The summed E-state index contributed by atoms with van der Waals surface area (Å²) in [5, 5.41) is 30.5. The molecule has 0 aliphatic rings. The number of aromatic nitrogens is 2. The van der Waals surface area contributed by atoms with Gasteiger partial charge in [0.25, 0.3) is 5.91 Å². The zero-order valence-electron chi connectivity index (χ0n) is 18.3. The number of carbonyl (C=O) groups is 1. The number of nitrogens with zero attached hydrogens (tertiary/aromatic N) is 2. The molecule has 0 saturated carbocycles. The Balaban J connectivity index is 1.34. The maximum atomic E-state index is 12.1. The highest BCUT2D eigenvalue weighted by molar-refractivity contribution is 7.89. The van der Waals surface area contributed by atoms with Crippen molar-refractivity contribution in [2.24, 2.45) is 5.14 Å². The molecule has 1 atom stereocenters. The number of aromatic hydroxyl groups is 1. The van der Waals surface area contributed by atoms with Crippen molar-refractivity contribution in [2.45, 2.75) is 36.0 Å². The molecule has 0 aliphatic carbocycles. The SMILES string of the molecule is NS(=O)(=O)c1ccc(CCNc2nnc(CC(Cl)CCCNC(=O)c3ccccc3O)s2)cc1. The Morgan fingerprint density at radius 3 is 2.56 bits per heavy atom. The molecular weight excluding hydrogens is 498 g/mol. The number of nitrogens with two attached hydrogens (primary N) is 1. The van der Waals surface area contributed by atoms with Gasteiger partial charge in [-0.1, -0.05) is 35.6 Å². The third-order valence-corrected chi connectivity index (χ3v) is 7.14. The predicted molar refractivity (Wildman–Crippen MR) is 133 cm³/mol. The molecule has 0 bridgehead atoms. The first-order chi connectivity index (χ1) is 16.2. The number of alkyl halides is 1. The number of hydrogen-bond donors (Lipinski definition) is 4. The Kier molecular flexibility index (Phi) is 9.22. The number of hydrogen-bond acceptors (Lipinski definition) is 8. The second kappa shape index (κ2) is 12.1. The summed E-state index contributed by atoms with van der Waals surface area (Å²) in [6.45, 7) is 1.07. The molecule has 34 heavy (non-hydrogen) atoms. The van der Waals surface area contributed by atoms with Gasteiger partial charge in [-0.05, 0) is 49.1 Å². The van der Waals surface area contributed by atoms with E-state index in [-0.39, 0.29) is 27.5 Å². The predicted octanol–water partition coefficient (Wildman–Crippen LogP) is 2.91. The average Bonchev–Trinajstić information content (AvgIpc) is 3.23. The number of para-hydroxylation sites is 1. The lowest BCUT2D eigenvalue weighted by atomic mass is 10.1. The van der Waals surface area contributed by atoms with E-state index >= 15 is 0 Å². The van der Waals surface area contributed by atoms with Crippen LogP contribution in [-0.2, 0) is 22.9 Å². The molecule has 0 fully saturated rings. The lowest BCUT2D eigenvalue weighted by Crippen LogP contribution is -2.25. The third kappa shape index (κ3) is 7.94. The highest BCUT2D eigenvalue weighted by Gasteiger charge is 2.13. The van der Waals surface area contributed by atoms with E-state index in [4.69, 9.17) is 16.7 Å². The summed E-state index contributed by atoms with van der Waals surface area (Å²) in [5.41, 5.74) is 1.22. The van der Waals surface area contributed by atoms with Crippen molar-refractivity contribution in [3.63, 3.8) is 0 Å². The van der Waals surface area contributed by atoms with Gasteiger partial charge in [0.1, 0.15) is 10.8 Å². The number of benzene rings is 2. The Hall–Kier alpha value is -2.73. The molecule has 0 aliphatic heterocycles. The van der Waals surface area contributed by atoms with Crippen LogP contribution in [0, 0.1) is 0 Å². The summed E-state index contributed by atoms with van der Waals surface area (Å²) >= 11 is 7.86. The Morgan fingerprint density at radius 1 is 1.12 bits per heavy atom. The topological polar surface area (TPSA) is 147 Å². The van der Waals surface area contributed by atoms with Crippen LogP contribution in [0.1, 0.15) is 33.8 Å². The molecule has 9 nitrogen and oxygen atoms in total. The lowest BCUT2D eigenvalue weighted by Gasteiger charge is -2.09. The first kappa shape index (κ1) is 25.9. The summed E-state index contributed by atoms with van der Waals surface area (Å²) in [6, 6.07) is 12.9. The van der Waals surface area contributed by atoms with Gasteiger partial charge in [0.2, 0.25) is 15.2 Å². The molecule has 5 N–H and O–H groups in total. The average molecular weight is 524 g/mol. The van der Waals surface area contributed by atoms with Crippen LogP contribution in [0.3, 0.4) is 0 Å². The fourth-order valence-corrected chi connectivity index (χ4v) is 4.90. The minimum atomic E-state index is -3.69. The fourth-order valence-electron chi connectivity index (χ4n) is 3.14. The van der Waals surface area contributed by atoms with Gasteiger partial charge >= 0.3 is 0 Å². The van der Waals surface area contributed by atoms with E-state index in [0.29, 0.717) is 43.9 Å². The molecule has 1 amide bonds. The highest BCUT2D eigenvalue weighted by atomic mass is 35.5. The number of nitrogens with one attached hydrogen (secondary N) is 2. The number of halogens is 1. The van der Waals surface area contributed by atoms with E-state index in [0.717, 1.165) is 10.6 Å². The molecule has 1 unspecified atom stereocenters. The van der Waals surface area contributed by atoms with E-state index < -0.39 is 10.0 Å². The maximum Gasteiger partial charge on any atom is 0.255 e. The van der Waals surface area contributed by atoms with Crippen molar-refractivity contribution in [1.29, 1.82) is 0 Å². The molecule has 2 aromatic carbocycles. The molecule has 12 heteroatoms. The molecule has 0 radical (unpaired) electrons. The van der Waals surface area contributed by atoms with Gasteiger partial charge in [-0.3, -0.25) is 4.79 Å². The number of phenols is 1. The summed E-state index contributed by atoms with van der Waals surface area (Å²) < 4.78 is 22.6. The fraction of sp³-hybridized carbons (Fsp3) is 0.318. The van der Waals surface area contributed by atoms with Crippen LogP contribution in [0.15, 0.2) is 53.4 Å². The van der Waals surface area contributed by atoms with Crippen molar-refractivity contribution in [1.82, 2.24) is 15.5 Å². The van der Waals surface area contributed by atoms with Crippen molar-refractivity contribution < 1.29 is 18.3 Å². The Morgan fingerprint density at radius 2 is 1.85 bits per heavy atom. The number of anilines is 1. The summed E-state index contributed by atoms with van der Waals surface area (Å²) in [7, 11) is -3.69. The van der Waals surface area contributed by atoms with E-state index in [2.05, 4.69) is 20.8 Å². The van der Waals surface area contributed by atoms with Crippen LogP contribution >= 0.6 is 22.9 Å². The van der Waals surface area contributed by atoms with Gasteiger partial charge in [0, 0.05) is 24.9 Å². The minimum Gasteiger partial charge on any atom is -0.507 e. The zero-order valence-corrected chi connectivity index (χ0v) is 20.7. The van der Waals surface area contributed by atoms with E-state index in [1.165, 1.54) is 29.5 Å². The number of carbonyl (C=O) groups excluding carboxylic acids is 1. The zero-order chi connectivity index (χ0) is 24.6. The molecule has 0 spiro atoms. The largest absolute Gasteiger partial charge is 0.507 e. The van der Waals surface area contributed by atoms with Crippen LogP contribution in [0.25, 0.3) is 0 Å². The summed E-state index contributed by atoms with van der Waals surface area (Å²) in [4.78, 5) is 12.2. The van der Waals surface area contributed by atoms with Gasteiger partial charge in [-0.15, -0.1) is 21.8 Å². The molecule has 3 aromatic rings. The second-order valence-corrected chi connectivity index (χ2v) is 10.8. The van der Waals surface area contributed by atoms with Crippen LogP contribution in [0.5, 0.6) is 5.75 Å². The molecule has 1 aromatic heterocycles. The van der Waals surface area contributed by atoms with Gasteiger partial charge in [0.15, 0.2) is 0 Å². The second-order valence-electron chi connectivity index (χ2n) is 7.58. The van der Waals surface area contributed by atoms with E-state index in [1.54, 1.807) is 30.3 Å². The van der Waals surface area contributed by atoms with Crippen molar-refractivity contribution in [2.75, 3.05) is 18.4 Å². The van der Waals surface area contributed by atoms with Crippen molar-refractivity contribution >= 4 is 44.0 Å². The number of rotatable bonds is 12. The normalized spacial score (nSPS) is 12.3. The van der Waals surface area contributed by atoms with Crippen LogP contribution < -0.4 is 15.8 Å². The molecule has 0 saturated heterocycles.